The minimum atomic E-state index is 0.341. The zero-order valence-electron chi connectivity index (χ0n) is 8.42. The van der Waals surface area contributed by atoms with Gasteiger partial charge in [-0.2, -0.15) is 0 Å². The summed E-state index contributed by atoms with van der Waals surface area (Å²) < 4.78 is 0. The third-order valence-corrected chi connectivity index (χ3v) is 3.25. The first kappa shape index (κ1) is 9.76. The Morgan fingerprint density at radius 1 is 1.33 bits per heavy atom. The summed E-state index contributed by atoms with van der Waals surface area (Å²) in [5, 5.41) is 0. The standard InChI is InChI=1S/C11H20O/c1-8(2)11-5-4-9(3)6-10(11)7-12/h7-11H,4-6H2,1-3H3/t9-,10+,11+/m0/s1. The maximum atomic E-state index is 10.8. The number of carbonyl (C=O) groups excluding carboxylic acids is 1. The van der Waals surface area contributed by atoms with Gasteiger partial charge in [-0.05, 0) is 30.6 Å². The molecule has 0 unspecified atom stereocenters. The molecule has 1 heteroatoms. The quantitative estimate of drug-likeness (QED) is 0.579. The Kier molecular flexibility index (Phi) is 3.30. The summed E-state index contributed by atoms with van der Waals surface area (Å²) in [6.45, 7) is 6.72. The molecule has 1 nitrogen and oxygen atoms in total. The van der Waals surface area contributed by atoms with E-state index in [2.05, 4.69) is 20.8 Å². The number of rotatable bonds is 2. The van der Waals surface area contributed by atoms with Gasteiger partial charge in [0.05, 0.1) is 0 Å². The van der Waals surface area contributed by atoms with E-state index in [1.165, 1.54) is 19.1 Å². The highest BCUT2D eigenvalue weighted by Crippen LogP contribution is 2.36. The average molecular weight is 168 g/mol. The van der Waals surface area contributed by atoms with Crippen molar-refractivity contribution in [2.24, 2.45) is 23.7 Å². The van der Waals surface area contributed by atoms with Gasteiger partial charge in [0.2, 0.25) is 0 Å². The van der Waals surface area contributed by atoms with Crippen LogP contribution < -0.4 is 0 Å². The molecule has 0 bridgehead atoms. The highest BCUT2D eigenvalue weighted by molar-refractivity contribution is 5.54. The van der Waals surface area contributed by atoms with Crippen LogP contribution in [-0.4, -0.2) is 6.29 Å². The molecule has 0 N–H and O–H groups in total. The first-order valence-electron chi connectivity index (χ1n) is 5.10. The number of aldehydes is 1. The van der Waals surface area contributed by atoms with Gasteiger partial charge in [-0.25, -0.2) is 0 Å². The average Bonchev–Trinajstić information content (AvgIpc) is 2.03. The van der Waals surface area contributed by atoms with Gasteiger partial charge in [0, 0.05) is 5.92 Å². The lowest BCUT2D eigenvalue weighted by Gasteiger charge is -2.34. The van der Waals surface area contributed by atoms with Crippen molar-refractivity contribution in [3.8, 4) is 0 Å². The molecule has 0 spiro atoms. The zero-order valence-corrected chi connectivity index (χ0v) is 8.42. The second kappa shape index (κ2) is 4.06. The smallest absolute Gasteiger partial charge is 0.123 e. The predicted octanol–water partition coefficient (Wildman–Crippen LogP) is 2.89. The van der Waals surface area contributed by atoms with Crippen LogP contribution >= 0.6 is 0 Å². The van der Waals surface area contributed by atoms with E-state index in [-0.39, 0.29) is 0 Å². The zero-order chi connectivity index (χ0) is 9.14. The van der Waals surface area contributed by atoms with Crippen LogP contribution in [0, 0.1) is 23.7 Å². The van der Waals surface area contributed by atoms with Crippen LogP contribution in [0.1, 0.15) is 40.0 Å². The molecule has 0 saturated heterocycles. The lowest BCUT2D eigenvalue weighted by atomic mass is 9.71. The second-order valence-electron chi connectivity index (χ2n) is 4.63. The van der Waals surface area contributed by atoms with Gasteiger partial charge in [0.15, 0.2) is 0 Å². The van der Waals surface area contributed by atoms with Gasteiger partial charge in [0.25, 0.3) is 0 Å². The molecular weight excluding hydrogens is 148 g/mol. The monoisotopic (exact) mass is 168 g/mol. The Balaban J connectivity index is 2.56. The Bertz CT molecular complexity index is 151. The summed E-state index contributed by atoms with van der Waals surface area (Å²) in [4.78, 5) is 10.8. The van der Waals surface area contributed by atoms with E-state index in [1.807, 2.05) is 0 Å². The molecule has 3 atom stereocenters. The molecular formula is C11H20O. The molecule has 70 valence electrons. The van der Waals surface area contributed by atoms with Crippen molar-refractivity contribution in [3.63, 3.8) is 0 Å². The van der Waals surface area contributed by atoms with Crippen LogP contribution in [0.2, 0.25) is 0 Å². The van der Waals surface area contributed by atoms with Crippen molar-refractivity contribution in [1.82, 2.24) is 0 Å². The Hall–Kier alpha value is -0.330. The van der Waals surface area contributed by atoms with Crippen LogP contribution in [0.25, 0.3) is 0 Å². The third-order valence-electron chi connectivity index (χ3n) is 3.25. The predicted molar refractivity (Wildman–Crippen MR) is 50.9 cm³/mol. The van der Waals surface area contributed by atoms with Gasteiger partial charge in [-0.15, -0.1) is 0 Å². The van der Waals surface area contributed by atoms with Crippen LogP contribution in [-0.2, 0) is 4.79 Å². The first-order valence-corrected chi connectivity index (χ1v) is 5.10. The molecule has 12 heavy (non-hydrogen) atoms. The van der Waals surface area contributed by atoms with Crippen LogP contribution in [0.5, 0.6) is 0 Å². The van der Waals surface area contributed by atoms with Crippen LogP contribution in [0.4, 0.5) is 0 Å². The minimum absolute atomic E-state index is 0.341. The summed E-state index contributed by atoms with van der Waals surface area (Å²) >= 11 is 0. The number of hydrogen-bond acceptors (Lipinski definition) is 1. The fourth-order valence-electron chi connectivity index (χ4n) is 2.43. The van der Waals surface area contributed by atoms with Crippen molar-refractivity contribution in [3.05, 3.63) is 0 Å². The van der Waals surface area contributed by atoms with Gasteiger partial charge in [-0.1, -0.05) is 27.2 Å². The first-order chi connectivity index (χ1) is 5.65. The van der Waals surface area contributed by atoms with Gasteiger partial charge < -0.3 is 4.79 Å². The Labute approximate surface area is 75.5 Å². The normalized spacial score (nSPS) is 36.8. The SMILES string of the molecule is CC(C)[C@H]1CC[C@H](C)C[C@@H]1C=O. The van der Waals surface area contributed by atoms with E-state index < -0.39 is 0 Å². The lowest BCUT2D eigenvalue weighted by molar-refractivity contribution is -0.114. The Morgan fingerprint density at radius 2 is 2.00 bits per heavy atom. The van der Waals surface area contributed by atoms with E-state index >= 15 is 0 Å². The molecule has 0 aliphatic heterocycles. The Morgan fingerprint density at radius 3 is 2.50 bits per heavy atom. The molecule has 0 aromatic rings. The summed E-state index contributed by atoms with van der Waals surface area (Å²) in [6, 6.07) is 0. The van der Waals surface area contributed by atoms with Crippen molar-refractivity contribution < 1.29 is 4.79 Å². The maximum Gasteiger partial charge on any atom is 0.123 e. The van der Waals surface area contributed by atoms with Crippen LogP contribution in [0.15, 0.2) is 0 Å². The summed E-state index contributed by atoms with van der Waals surface area (Å²) in [6.07, 6.45) is 4.86. The molecule has 1 aliphatic rings. The number of carbonyl (C=O) groups is 1. The van der Waals surface area contributed by atoms with E-state index in [0.29, 0.717) is 17.8 Å². The molecule has 1 fully saturated rings. The number of hydrogen-bond donors (Lipinski definition) is 0. The molecule has 0 heterocycles. The fraction of sp³-hybridized carbons (Fsp3) is 0.909. The highest BCUT2D eigenvalue weighted by Gasteiger charge is 2.29. The van der Waals surface area contributed by atoms with E-state index in [0.717, 1.165) is 12.3 Å². The minimum Gasteiger partial charge on any atom is -0.303 e. The van der Waals surface area contributed by atoms with Crippen molar-refractivity contribution >= 4 is 6.29 Å². The highest BCUT2D eigenvalue weighted by atomic mass is 16.1. The van der Waals surface area contributed by atoms with Crippen LogP contribution in [0.3, 0.4) is 0 Å². The van der Waals surface area contributed by atoms with E-state index in [4.69, 9.17) is 0 Å². The van der Waals surface area contributed by atoms with Crippen molar-refractivity contribution in [2.45, 2.75) is 40.0 Å². The molecule has 1 aliphatic carbocycles. The van der Waals surface area contributed by atoms with Crippen molar-refractivity contribution in [1.29, 1.82) is 0 Å². The maximum absolute atomic E-state index is 10.8. The molecule has 0 radical (unpaired) electrons. The van der Waals surface area contributed by atoms with Crippen molar-refractivity contribution in [2.75, 3.05) is 0 Å². The molecule has 0 aromatic carbocycles. The summed E-state index contributed by atoms with van der Waals surface area (Å²) in [5.41, 5.74) is 0. The molecule has 0 aromatic heterocycles. The third kappa shape index (κ3) is 2.09. The molecule has 1 rings (SSSR count). The van der Waals surface area contributed by atoms with E-state index in [9.17, 15) is 4.79 Å². The second-order valence-corrected chi connectivity index (χ2v) is 4.63. The fourth-order valence-corrected chi connectivity index (χ4v) is 2.43. The lowest BCUT2D eigenvalue weighted by Crippen LogP contribution is -2.28. The largest absolute Gasteiger partial charge is 0.303 e. The molecule has 0 amide bonds. The van der Waals surface area contributed by atoms with Gasteiger partial charge in [0.1, 0.15) is 6.29 Å². The summed E-state index contributed by atoms with van der Waals surface area (Å²) in [7, 11) is 0. The van der Waals surface area contributed by atoms with E-state index in [1.54, 1.807) is 0 Å². The van der Waals surface area contributed by atoms with Gasteiger partial charge in [-0.3, -0.25) is 0 Å². The molecule has 1 saturated carbocycles. The topological polar surface area (TPSA) is 17.1 Å². The summed E-state index contributed by atoms with van der Waals surface area (Å²) in [5.74, 6) is 2.43. The van der Waals surface area contributed by atoms with Gasteiger partial charge >= 0.3 is 0 Å².